The average molecular weight is 365 g/mol. The van der Waals surface area contributed by atoms with Gasteiger partial charge in [0.25, 0.3) is 0 Å². The van der Waals surface area contributed by atoms with Gasteiger partial charge in [-0.3, -0.25) is 0 Å². The lowest BCUT2D eigenvalue weighted by Crippen LogP contribution is -2.28. The van der Waals surface area contributed by atoms with Crippen LogP contribution in [0.5, 0.6) is 0 Å². The zero-order valence-corrected chi connectivity index (χ0v) is 14.6. The van der Waals surface area contributed by atoms with Crippen molar-refractivity contribution < 1.29 is 4.79 Å². The Balaban J connectivity index is 1.51. The summed E-state index contributed by atoms with van der Waals surface area (Å²) in [6, 6.07) is 8.62. The molecule has 2 amide bonds. The van der Waals surface area contributed by atoms with Crippen molar-refractivity contribution in [3.8, 4) is 0 Å². The van der Waals surface area contributed by atoms with Crippen molar-refractivity contribution in [3.05, 3.63) is 52.1 Å². The number of urea groups is 1. The summed E-state index contributed by atoms with van der Waals surface area (Å²) in [7, 11) is 0. The van der Waals surface area contributed by atoms with E-state index in [9.17, 15) is 4.79 Å². The minimum atomic E-state index is -0.308. The number of hydrogen-bond acceptors (Lipinski definition) is 3. The van der Waals surface area contributed by atoms with Crippen molar-refractivity contribution in [1.82, 2.24) is 10.3 Å². The van der Waals surface area contributed by atoms with Gasteiger partial charge in [-0.25, -0.2) is 9.78 Å². The highest BCUT2D eigenvalue weighted by Crippen LogP contribution is 2.25. The van der Waals surface area contributed by atoms with E-state index in [0.29, 0.717) is 22.3 Å². The molecule has 1 saturated heterocycles. The first kappa shape index (κ1) is 16.9. The first-order valence-electron chi connectivity index (χ1n) is 7.81. The van der Waals surface area contributed by atoms with Crippen molar-refractivity contribution in [2.45, 2.75) is 19.4 Å². The minimum absolute atomic E-state index is 0.308. The SMILES string of the molecule is O=C(NCc1ccc(N2CCCC2)nc1)Nc1ccc(Cl)c(Cl)c1. The molecular weight excluding hydrogens is 347 g/mol. The van der Waals surface area contributed by atoms with E-state index in [0.717, 1.165) is 24.5 Å². The van der Waals surface area contributed by atoms with E-state index in [-0.39, 0.29) is 6.03 Å². The number of pyridine rings is 1. The molecule has 1 aliphatic rings. The predicted molar refractivity (Wildman–Crippen MR) is 98.0 cm³/mol. The van der Waals surface area contributed by atoms with E-state index in [1.54, 1.807) is 24.4 Å². The third kappa shape index (κ3) is 4.30. The van der Waals surface area contributed by atoms with Crippen molar-refractivity contribution in [1.29, 1.82) is 0 Å². The summed E-state index contributed by atoms with van der Waals surface area (Å²) in [5, 5.41) is 6.36. The highest BCUT2D eigenvalue weighted by Gasteiger charge is 2.13. The lowest BCUT2D eigenvalue weighted by molar-refractivity contribution is 0.251. The minimum Gasteiger partial charge on any atom is -0.357 e. The fourth-order valence-electron chi connectivity index (χ4n) is 2.59. The van der Waals surface area contributed by atoms with Crippen LogP contribution in [0.2, 0.25) is 10.0 Å². The van der Waals surface area contributed by atoms with Crippen LogP contribution in [0.15, 0.2) is 36.5 Å². The van der Waals surface area contributed by atoms with Crippen LogP contribution in [-0.2, 0) is 6.54 Å². The molecule has 2 aromatic rings. The highest BCUT2D eigenvalue weighted by molar-refractivity contribution is 6.42. The molecule has 1 fully saturated rings. The van der Waals surface area contributed by atoms with Crippen LogP contribution >= 0.6 is 23.2 Å². The second kappa shape index (κ2) is 7.73. The van der Waals surface area contributed by atoms with Crippen LogP contribution < -0.4 is 15.5 Å². The molecule has 1 aliphatic heterocycles. The monoisotopic (exact) mass is 364 g/mol. The molecule has 1 aromatic heterocycles. The summed E-state index contributed by atoms with van der Waals surface area (Å²) in [6.45, 7) is 2.54. The number of nitrogens with zero attached hydrogens (tertiary/aromatic N) is 2. The molecule has 3 rings (SSSR count). The van der Waals surface area contributed by atoms with E-state index in [1.807, 2.05) is 12.1 Å². The Kier molecular flexibility index (Phi) is 5.43. The van der Waals surface area contributed by atoms with Gasteiger partial charge in [0.05, 0.1) is 10.0 Å². The molecule has 7 heteroatoms. The largest absolute Gasteiger partial charge is 0.357 e. The van der Waals surface area contributed by atoms with Crippen LogP contribution in [-0.4, -0.2) is 24.1 Å². The molecule has 0 atom stereocenters. The number of rotatable bonds is 4. The maximum absolute atomic E-state index is 11.9. The molecule has 0 unspecified atom stereocenters. The lowest BCUT2D eigenvalue weighted by Gasteiger charge is -2.16. The van der Waals surface area contributed by atoms with Crippen molar-refractivity contribution in [3.63, 3.8) is 0 Å². The average Bonchev–Trinajstić information content (AvgIpc) is 3.11. The number of aromatic nitrogens is 1. The topological polar surface area (TPSA) is 57.3 Å². The van der Waals surface area contributed by atoms with Crippen LogP contribution in [0.25, 0.3) is 0 Å². The molecule has 2 N–H and O–H groups in total. The zero-order chi connectivity index (χ0) is 16.9. The highest BCUT2D eigenvalue weighted by atomic mass is 35.5. The Morgan fingerprint density at radius 1 is 1.12 bits per heavy atom. The molecule has 0 saturated carbocycles. The van der Waals surface area contributed by atoms with E-state index >= 15 is 0 Å². The molecule has 1 aromatic carbocycles. The van der Waals surface area contributed by atoms with Gasteiger partial charge in [-0.2, -0.15) is 0 Å². The maximum atomic E-state index is 11.9. The molecule has 24 heavy (non-hydrogen) atoms. The zero-order valence-electron chi connectivity index (χ0n) is 13.1. The normalized spacial score (nSPS) is 13.8. The smallest absolute Gasteiger partial charge is 0.319 e. The molecule has 126 valence electrons. The molecule has 0 bridgehead atoms. The Morgan fingerprint density at radius 3 is 2.58 bits per heavy atom. The number of carbonyl (C=O) groups excluding carboxylic acids is 1. The number of benzene rings is 1. The predicted octanol–water partition coefficient (Wildman–Crippen LogP) is 4.31. The van der Waals surface area contributed by atoms with Crippen LogP contribution in [0, 0.1) is 0 Å². The van der Waals surface area contributed by atoms with Gasteiger partial charge >= 0.3 is 6.03 Å². The number of amides is 2. The van der Waals surface area contributed by atoms with Gasteiger partial charge < -0.3 is 15.5 Å². The Hall–Kier alpha value is -1.98. The van der Waals surface area contributed by atoms with E-state index in [4.69, 9.17) is 23.2 Å². The summed E-state index contributed by atoms with van der Waals surface area (Å²) in [6.07, 6.45) is 4.24. The molecule has 0 aliphatic carbocycles. The summed E-state index contributed by atoms with van der Waals surface area (Å²) in [4.78, 5) is 18.7. The van der Waals surface area contributed by atoms with Gasteiger partial charge in [-0.1, -0.05) is 29.3 Å². The number of anilines is 2. The van der Waals surface area contributed by atoms with Gasteiger partial charge in [0.15, 0.2) is 0 Å². The van der Waals surface area contributed by atoms with Gasteiger partial charge in [-0.05, 0) is 42.7 Å². The third-order valence-electron chi connectivity index (χ3n) is 3.87. The number of hydrogen-bond donors (Lipinski definition) is 2. The van der Waals surface area contributed by atoms with Gasteiger partial charge in [0.2, 0.25) is 0 Å². The molecule has 0 radical (unpaired) electrons. The van der Waals surface area contributed by atoms with Crippen molar-refractivity contribution in [2.75, 3.05) is 23.3 Å². The maximum Gasteiger partial charge on any atom is 0.319 e. The quantitative estimate of drug-likeness (QED) is 0.849. The Morgan fingerprint density at radius 2 is 1.92 bits per heavy atom. The molecule has 0 spiro atoms. The molecule has 5 nitrogen and oxygen atoms in total. The number of halogens is 2. The second-order valence-corrected chi connectivity index (χ2v) is 6.47. The first-order valence-corrected chi connectivity index (χ1v) is 8.57. The fraction of sp³-hybridized carbons (Fsp3) is 0.294. The second-order valence-electron chi connectivity index (χ2n) is 5.66. The Bertz CT molecular complexity index is 715. The number of nitrogens with one attached hydrogen (secondary N) is 2. The summed E-state index contributed by atoms with van der Waals surface area (Å²) >= 11 is 11.8. The summed E-state index contributed by atoms with van der Waals surface area (Å²) < 4.78 is 0. The van der Waals surface area contributed by atoms with E-state index in [1.165, 1.54) is 12.8 Å². The van der Waals surface area contributed by atoms with Crippen LogP contribution in [0.4, 0.5) is 16.3 Å². The van der Waals surface area contributed by atoms with Gasteiger partial charge in [-0.15, -0.1) is 0 Å². The summed E-state index contributed by atoms with van der Waals surface area (Å²) in [5.74, 6) is 0.997. The Labute approximate surface area is 151 Å². The number of carbonyl (C=O) groups is 1. The standard InChI is InChI=1S/C17H18Cl2N4O/c18-14-5-4-13(9-15(14)19)22-17(24)21-11-12-3-6-16(20-10-12)23-7-1-2-8-23/h3-6,9-10H,1-2,7-8,11H2,(H2,21,22,24). The molecule has 2 heterocycles. The molecular formula is C17H18Cl2N4O. The van der Waals surface area contributed by atoms with E-state index in [2.05, 4.69) is 20.5 Å². The van der Waals surface area contributed by atoms with Crippen molar-refractivity contribution in [2.24, 2.45) is 0 Å². The lowest BCUT2D eigenvalue weighted by atomic mass is 10.3. The van der Waals surface area contributed by atoms with Crippen LogP contribution in [0.1, 0.15) is 18.4 Å². The summed E-state index contributed by atoms with van der Waals surface area (Å²) in [5.41, 5.74) is 1.53. The van der Waals surface area contributed by atoms with E-state index < -0.39 is 0 Å². The third-order valence-corrected chi connectivity index (χ3v) is 4.61. The fourth-order valence-corrected chi connectivity index (χ4v) is 2.88. The van der Waals surface area contributed by atoms with Crippen molar-refractivity contribution >= 4 is 40.7 Å². The first-order chi connectivity index (χ1) is 11.6. The van der Waals surface area contributed by atoms with Gasteiger partial charge in [0, 0.05) is 31.5 Å². The van der Waals surface area contributed by atoms with Crippen LogP contribution in [0.3, 0.4) is 0 Å². The van der Waals surface area contributed by atoms with Gasteiger partial charge in [0.1, 0.15) is 5.82 Å².